The van der Waals surface area contributed by atoms with Crippen molar-refractivity contribution in [3.8, 4) is 0 Å². The average molecular weight is 747 g/mol. The highest BCUT2D eigenvalue weighted by Gasteiger charge is 2.02. The summed E-state index contributed by atoms with van der Waals surface area (Å²) in [5.41, 5.74) is 0. The maximum Gasteiger partial charge on any atom is 0.264 e. The monoisotopic (exact) mass is 746 g/mol. The molecule has 0 atom stereocenters. The Morgan fingerprint density at radius 1 is 0.229 bits per heavy atom. The second kappa shape index (κ2) is 36.1. The predicted molar refractivity (Wildman–Crippen MR) is 171 cm³/mol. The quantitative estimate of drug-likeness (QED) is 0.0553. The van der Waals surface area contributed by atoms with Gasteiger partial charge in [0.15, 0.2) is 0 Å². The summed E-state index contributed by atoms with van der Waals surface area (Å²) in [7, 11) is -6.86. The van der Waals surface area contributed by atoms with Crippen molar-refractivity contribution < 1.29 is 82.0 Å². The van der Waals surface area contributed by atoms with E-state index in [1.165, 1.54) is 0 Å². The van der Waals surface area contributed by atoms with Crippen LogP contribution < -0.4 is 0 Å². The van der Waals surface area contributed by atoms with E-state index in [4.69, 9.17) is 56.8 Å². The zero-order valence-electron chi connectivity index (χ0n) is 28.5. The van der Waals surface area contributed by atoms with E-state index in [1.54, 1.807) is 0 Å². The minimum Gasteiger partial charge on any atom is -0.377 e. The van der Waals surface area contributed by atoms with E-state index in [2.05, 4.69) is 8.37 Å². The van der Waals surface area contributed by atoms with Crippen molar-refractivity contribution in [2.24, 2.45) is 0 Å². The van der Waals surface area contributed by atoms with E-state index >= 15 is 0 Å². The molecule has 0 bridgehead atoms. The third-order valence-corrected chi connectivity index (χ3v) is 6.33. The first-order chi connectivity index (χ1) is 23.2. The smallest absolute Gasteiger partial charge is 0.264 e. The Balaban J connectivity index is 3.08. The summed E-state index contributed by atoms with van der Waals surface area (Å²) >= 11 is 0. The van der Waals surface area contributed by atoms with Crippen LogP contribution in [0.15, 0.2) is 0 Å². The third-order valence-electron chi connectivity index (χ3n) is 5.14. The lowest BCUT2D eigenvalue weighted by Crippen LogP contribution is -2.16. The highest BCUT2D eigenvalue weighted by molar-refractivity contribution is 7.86. The predicted octanol–water partition coefficient (Wildman–Crippen LogP) is -0.862. The van der Waals surface area contributed by atoms with Gasteiger partial charge in [-0.3, -0.25) is 8.37 Å². The zero-order chi connectivity index (χ0) is 35.3. The molecule has 0 rings (SSSR count). The van der Waals surface area contributed by atoms with Gasteiger partial charge in [-0.1, -0.05) is 0 Å². The van der Waals surface area contributed by atoms with E-state index in [1.807, 2.05) is 0 Å². The Hall–Kier alpha value is -0.660. The molecule has 0 fully saturated rings. The molecule has 0 aromatic heterocycles. The van der Waals surface area contributed by atoms with E-state index in [0.29, 0.717) is 145 Å². The summed E-state index contributed by atoms with van der Waals surface area (Å²) < 4.78 is 117. The fourth-order valence-corrected chi connectivity index (χ4v) is 3.75. The molecule has 0 aromatic rings. The molecule has 18 nitrogen and oxygen atoms in total. The molecule has 290 valence electrons. The Kier molecular flexibility index (Phi) is 35.6. The molecule has 0 aliphatic rings. The van der Waals surface area contributed by atoms with Crippen LogP contribution in [0.2, 0.25) is 0 Å². The van der Waals surface area contributed by atoms with Gasteiger partial charge in [-0.25, -0.2) is 0 Å². The largest absolute Gasteiger partial charge is 0.377 e. The molecule has 0 spiro atoms. The van der Waals surface area contributed by atoms with Gasteiger partial charge in [-0.05, 0) is 0 Å². The molecule has 0 radical (unpaired) electrons. The molecule has 0 aromatic carbocycles. The molecular formula is C28H58O18S2. The first-order valence-electron chi connectivity index (χ1n) is 15.8. The van der Waals surface area contributed by atoms with Crippen molar-refractivity contribution >= 4 is 20.2 Å². The molecule has 0 saturated heterocycles. The number of ether oxygens (including phenoxy) is 12. The highest BCUT2D eigenvalue weighted by Crippen LogP contribution is 1.90. The standard InChI is InChI=1S/C28H58O18S2/c1-47(29,30)45-27-25-43-23-21-41-19-17-39-15-13-37-11-9-35-7-5-33-3-4-34-6-8-36-10-12-38-14-16-40-18-20-42-22-24-44-26-28-46-48(2,31)32/h3-28H2,1-2H3. The van der Waals surface area contributed by atoms with Crippen LogP contribution in [0.25, 0.3) is 0 Å². The van der Waals surface area contributed by atoms with Gasteiger partial charge < -0.3 is 56.8 Å². The third kappa shape index (κ3) is 45.3. The molecule has 48 heavy (non-hydrogen) atoms. The fourth-order valence-electron chi connectivity index (χ4n) is 3.01. The molecule has 0 aliphatic heterocycles. The van der Waals surface area contributed by atoms with Crippen molar-refractivity contribution in [2.45, 2.75) is 0 Å². The summed E-state index contributed by atoms with van der Waals surface area (Å²) in [6.45, 7) is 10.0. The molecule has 0 unspecified atom stereocenters. The van der Waals surface area contributed by atoms with Gasteiger partial charge in [-0.2, -0.15) is 16.8 Å². The Bertz CT molecular complexity index is 793. The van der Waals surface area contributed by atoms with E-state index in [-0.39, 0.29) is 26.4 Å². The van der Waals surface area contributed by atoms with E-state index in [9.17, 15) is 16.8 Å². The second-order valence-corrected chi connectivity index (χ2v) is 12.7. The van der Waals surface area contributed by atoms with Gasteiger partial charge in [0.2, 0.25) is 0 Å². The van der Waals surface area contributed by atoms with E-state index < -0.39 is 20.2 Å². The van der Waals surface area contributed by atoms with E-state index in [0.717, 1.165) is 12.5 Å². The minimum absolute atomic E-state index is 0.00950. The molecule has 0 amide bonds. The Labute approximate surface area is 286 Å². The van der Waals surface area contributed by atoms with Crippen LogP contribution in [0.3, 0.4) is 0 Å². The number of rotatable bonds is 41. The summed E-state index contributed by atoms with van der Waals surface area (Å²) in [4.78, 5) is 0. The maximum absolute atomic E-state index is 10.8. The summed E-state index contributed by atoms with van der Waals surface area (Å²) in [6, 6.07) is 0. The highest BCUT2D eigenvalue weighted by atomic mass is 32.2. The Morgan fingerprint density at radius 3 is 0.438 bits per heavy atom. The summed E-state index contributed by atoms with van der Waals surface area (Å²) in [5, 5.41) is 0. The normalized spacial score (nSPS) is 12.3. The SMILES string of the molecule is CS(=O)(=O)OCCOCCOCCOCCOCCOCCOCCOCCOCCOCCOCCOCCOCCOS(C)(=O)=O. The Morgan fingerprint density at radius 2 is 0.333 bits per heavy atom. The molecule has 0 aliphatic carbocycles. The topological polar surface area (TPSA) is 198 Å². The van der Waals surface area contributed by atoms with Gasteiger partial charge in [0.1, 0.15) is 0 Å². The second-order valence-electron chi connectivity index (χ2n) is 9.40. The van der Waals surface area contributed by atoms with Crippen molar-refractivity contribution in [3.63, 3.8) is 0 Å². The van der Waals surface area contributed by atoms with Crippen molar-refractivity contribution in [3.05, 3.63) is 0 Å². The van der Waals surface area contributed by atoms with Crippen molar-refractivity contribution in [2.75, 3.05) is 184 Å². The van der Waals surface area contributed by atoms with Gasteiger partial charge in [-0.15, -0.1) is 0 Å². The van der Waals surface area contributed by atoms with Crippen LogP contribution in [0, 0.1) is 0 Å². The number of hydrogen-bond donors (Lipinski definition) is 0. The molecule has 20 heteroatoms. The maximum atomic E-state index is 10.8. The first kappa shape index (κ1) is 47.3. The zero-order valence-corrected chi connectivity index (χ0v) is 30.2. The van der Waals surface area contributed by atoms with Crippen LogP contribution in [0.1, 0.15) is 0 Å². The van der Waals surface area contributed by atoms with Gasteiger partial charge >= 0.3 is 0 Å². The van der Waals surface area contributed by atoms with Gasteiger partial charge in [0.25, 0.3) is 20.2 Å². The minimum atomic E-state index is -3.43. The molecule has 0 saturated carbocycles. The fraction of sp³-hybridized carbons (Fsp3) is 1.00. The average Bonchev–Trinajstić information content (AvgIpc) is 3.02. The lowest BCUT2D eigenvalue weighted by Gasteiger charge is -2.09. The van der Waals surface area contributed by atoms with Crippen LogP contribution >= 0.6 is 0 Å². The van der Waals surface area contributed by atoms with Crippen LogP contribution in [-0.4, -0.2) is 201 Å². The lowest BCUT2D eigenvalue weighted by atomic mass is 10.6. The lowest BCUT2D eigenvalue weighted by molar-refractivity contribution is -0.0286. The van der Waals surface area contributed by atoms with Crippen molar-refractivity contribution in [1.82, 2.24) is 0 Å². The van der Waals surface area contributed by atoms with Gasteiger partial charge in [0, 0.05) is 0 Å². The van der Waals surface area contributed by atoms with Gasteiger partial charge in [0.05, 0.1) is 184 Å². The van der Waals surface area contributed by atoms with Crippen LogP contribution in [0.4, 0.5) is 0 Å². The summed E-state index contributed by atoms with van der Waals surface area (Å²) in [5.74, 6) is 0. The first-order valence-corrected chi connectivity index (χ1v) is 19.5. The molecule has 0 N–H and O–H groups in total. The van der Waals surface area contributed by atoms with Crippen molar-refractivity contribution in [1.29, 1.82) is 0 Å². The van der Waals surface area contributed by atoms with Crippen LogP contribution in [0.5, 0.6) is 0 Å². The summed E-state index contributed by atoms with van der Waals surface area (Å²) in [6.07, 6.45) is 1.98. The van der Waals surface area contributed by atoms with Crippen LogP contribution in [-0.2, 0) is 85.4 Å². The molecule has 0 heterocycles. The number of hydrogen-bond acceptors (Lipinski definition) is 18. The molecular weight excluding hydrogens is 688 g/mol.